The number of halogens is 1. The Morgan fingerprint density at radius 1 is 1.50 bits per heavy atom. The molecule has 0 aromatic heterocycles. The van der Waals surface area contributed by atoms with E-state index in [4.69, 9.17) is 4.74 Å². The summed E-state index contributed by atoms with van der Waals surface area (Å²) < 4.78 is 19.0. The molecule has 0 aliphatic carbocycles. The van der Waals surface area contributed by atoms with Gasteiger partial charge in [-0.1, -0.05) is 0 Å². The Bertz CT molecular complexity index is 372. The van der Waals surface area contributed by atoms with Crippen LogP contribution in [0, 0.1) is 18.7 Å². The molecule has 1 aromatic carbocycles. The highest BCUT2D eigenvalue weighted by atomic mass is 19.1. The van der Waals surface area contributed by atoms with Crippen LogP contribution in [-0.4, -0.2) is 20.2 Å². The summed E-state index contributed by atoms with van der Waals surface area (Å²) in [6, 6.07) is 3.40. The average molecular weight is 223 g/mol. The molecule has 2 rings (SSSR count). The monoisotopic (exact) mass is 223 g/mol. The van der Waals surface area contributed by atoms with Crippen LogP contribution in [0.15, 0.2) is 12.1 Å². The molecule has 1 heterocycles. The van der Waals surface area contributed by atoms with E-state index >= 15 is 0 Å². The number of benzene rings is 1. The molecule has 1 aromatic rings. The van der Waals surface area contributed by atoms with Crippen molar-refractivity contribution in [2.24, 2.45) is 5.92 Å². The number of nitrogens with one attached hydrogen (secondary N) is 1. The highest BCUT2D eigenvalue weighted by Crippen LogP contribution is 2.25. The lowest BCUT2D eigenvalue weighted by atomic mass is 9.97. The quantitative estimate of drug-likeness (QED) is 0.849. The van der Waals surface area contributed by atoms with Gasteiger partial charge in [0.15, 0.2) is 0 Å². The van der Waals surface area contributed by atoms with Gasteiger partial charge in [-0.3, -0.25) is 0 Å². The van der Waals surface area contributed by atoms with E-state index in [1.165, 1.54) is 0 Å². The average Bonchev–Trinajstić information content (AvgIpc) is 2.75. The molecule has 1 atom stereocenters. The molecule has 1 aliphatic rings. The predicted molar refractivity (Wildman–Crippen MR) is 62.4 cm³/mol. The van der Waals surface area contributed by atoms with E-state index in [0.717, 1.165) is 42.8 Å². The molecule has 2 nitrogen and oxygen atoms in total. The molecule has 0 radical (unpaired) electrons. The van der Waals surface area contributed by atoms with Gasteiger partial charge in [-0.2, -0.15) is 0 Å². The largest absolute Gasteiger partial charge is 0.496 e. The maximum Gasteiger partial charge on any atom is 0.126 e. The molecule has 1 unspecified atom stereocenters. The molecule has 1 fully saturated rings. The molecular formula is C13H18FNO. The van der Waals surface area contributed by atoms with Crippen molar-refractivity contribution in [3.8, 4) is 5.75 Å². The Morgan fingerprint density at radius 2 is 2.31 bits per heavy atom. The minimum Gasteiger partial charge on any atom is -0.496 e. The minimum atomic E-state index is -0.106. The summed E-state index contributed by atoms with van der Waals surface area (Å²) >= 11 is 0. The summed E-state index contributed by atoms with van der Waals surface area (Å²) in [6.07, 6.45) is 1.94. The first kappa shape index (κ1) is 11.4. The summed E-state index contributed by atoms with van der Waals surface area (Å²) in [5.74, 6) is 1.23. The van der Waals surface area contributed by atoms with Gasteiger partial charge in [-0.25, -0.2) is 4.39 Å². The molecule has 88 valence electrons. The van der Waals surface area contributed by atoms with Crippen LogP contribution >= 0.6 is 0 Å². The van der Waals surface area contributed by atoms with Crippen molar-refractivity contribution in [3.05, 3.63) is 29.1 Å². The molecule has 1 N–H and O–H groups in total. The Balaban J connectivity index is 2.18. The maximum atomic E-state index is 13.7. The van der Waals surface area contributed by atoms with Gasteiger partial charge in [-0.15, -0.1) is 0 Å². The van der Waals surface area contributed by atoms with Crippen LogP contribution in [0.25, 0.3) is 0 Å². The minimum absolute atomic E-state index is 0.106. The fraction of sp³-hybridized carbons (Fsp3) is 0.538. The smallest absolute Gasteiger partial charge is 0.126 e. The van der Waals surface area contributed by atoms with Crippen molar-refractivity contribution >= 4 is 0 Å². The van der Waals surface area contributed by atoms with E-state index in [1.54, 1.807) is 13.2 Å². The molecule has 0 spiro atoms. The lowest BCUT2D eigenvalue weighted by Crippen LogP contribution is -2.11. The number of ether oxygens (including phenoxy) is 1. The molecule has 3 heteroatoms. The zero-order chi connectivity index (χ0) is 11.5. The molecule has 1 saturated heterocycles. The number of hydrogen-bond acceptors (Lipinski definition) is 2. The van der Waals surface area contributed by atoms with Crippen LogP contribution in [0.3, 0.4) is 0 Å². The van der Waals surface area contributed by atoms with Gasteiger partial charge in [0, 0.05) is 0 Å². The highest BCUT2D eigenvalue weighted by Gasteiger charge is 2.17. The number of hydrogen-bond donors (Lipinski definition) is 1. The standard InChI is InChI=1S/C13H18FNO/c1-9-5-12(14)11(7-13(9)16-2)6-10-3-4-15-8-10/h5,7,10,15H,3-4,6,8H2,1-2H3. The van der Waals surface area contributed by atoms with Crippen LogP contribution in [0.5, 0.6) is 5.75 Å². The number of aryl methyl sites for hydroxylation is 1. The third-order valence-electron chi connectivity index (χ3n) is 3.23. The van der Waals surface area contributed by atoms with Crippen LogP contribution in [-0.2, 0) is 6.42 Å². The van der Waals surface area contributed by atoms with E-state index < -0.39 is 0 Å². The molecule has 16 heavy (non-hydrogen) atoms. The third kappa shape index (κ3) is 2.35. The zero-order valence-corrected chi connectivity index (χ0v) is 9.85. The Morgan fingerprint density at radius 3 is 2.94 bits per heavy atom. The molecular weight excluding hydrogens is 205 g/mol. The molecule has 0 amide bonds. The topological polar surface area (TPSA) is 21.3 Å². The molecule has 0 bridgehead atoms. The van der Waals surface area contributed by atoms with Crippen molar-refractivity contribution < 1.29 is 9.13 Å². The summed E-state index contributed by atoms with van der Waals surface area (Å²) in [5, 5.41) is 3.30. The third-order valence-corrected chi connectivity index (χ3v) is 3.23. The van der Waals surface area contributed by atoms with Gasteiger partial charge in [0.2, 0.25) is 0 Å². The van der Waals surface area contributed by atoms with Crippen molar-refractivity contribution in [3.63, 3.8) is 0 Å². The SMILES string of the molecule is COc1cc(CC2CCNC2)c(F)cc1C. The molecule has 0 saturated carbocycles. The predicted octanol–water partition coefficient (Wildman–Crippen LogP) is 2.29. The van der Waals surface area contributed by atoms with Gasteiger partial charge in [0.25, 0.3) is 0 Å². The maximum absolute atomic E-state index is 13.7. The molecule has 1 aliphatic heterocycles. The number of methoxy groups -OCH3 is 1. The zero-order valence-electron chi connectivity index (χ0n) is 9.85. The van der Waals surface area contributed by atoms with Gasteiger partial charge in [0.05, 0.1) is 7.11 Å². The second kappa shape index (κ2) is 4.83. The van der Waals surface area contributed by atoms with Gasteiger partial charge in [-0.05, 0) is 62.0 Å². The summed E-state index contributed by atoms with van der Waals surface area (Å²) in [6.45, 7) is 3.91. The van der Waals surface area contributed by atoms with Crippen molar-refractivity contribution in [2.45, 2.75) is 19.8 Å². The van der Waals surface area contributed by atoms with Crippen molar-refractivity contribution in [1.29, 1.82) is 0 Å². The van der Waals surface area contributed by atoms with E-state index in [9.17, 15) is 4.39 Å². The summed E-state index contributed by atoms with van der Waals surface area (Å²) in [7, 11) is 1.63. The lowest BCUT2D eigenvalue weighted by Gasteiger charge is -2.12. The van der Waals surface area contributed by atoms with Gasteiger partial charge < -0.3 is 10.1 Å². The van der Waals surface area contributed by atoms with Crippen molar-refractivity contribution in [2.75, 3.05) is 20.2 Å². The fourth-order valence-electron chi connectivity index (χ4n) is 2.27. The van der Waals surface area contributed by atoms with Crippen LogP contribution < -0.4 is 10.1 Å². The van der Waals surface area contributed by atoms with Gasteiger partial charge >= 0.3 is 0 Å². The first-order valence-electron chi connectivity index (χ1n) is 5.74. The van der Waals surface area contributed by atoms with E-state index in [1.807, 2.05) is 13.0 Å². The van der Waals surface area contributed by atoms with Crippen molar-refractivity contribution in [1.82, 2.24) is 5.32 Å². The Hall–Kier alpha value is -1.09. The number of rotatable bonds is 3. The van der Waals surface area contributed by atoms with Gasteiger partial charge in [0.1, 0.15) is 11.6 Å². The van der Waals surface area contributed by atoms with E-state index in [-0.39, 0.29) is 5.82 Å². The first-order chi connectivity index (χ1) is 7.70. The van der Waals surface area contributed by atoms with Crippen LogP contribution in [0.1, 0.15) is 17.5 Å². The first-order valence-corrected chi connectivity index (χ1v) is 5.74. The van der Waals surface area contributed by atoms with Crippen LogP contribution in [0.4, 0.5) is 4.39 Å². The highest BCUT2D eigenvalue weighted by molar-refractivity contribution is 5.37. The van der Waals surface area contributed by atoms with E-state index in [0.29, 0.717) is 5.92 Å². The fourth-order valence-corrected chi connectivity index (χ4v) is 2.27. The Labute approximate surface area is 95.8 Å². The van der Waals surface area contributed by atoms with Crippen LogP contribution in [0.2, 0.25) is 0 Å². The van der Waals surface area contributed by atoms with E-state index in [2.05, 4.69) is 5.32 Å². The summed E-state index contributed by atoms with van der Waals surface area (Å²) in [5.41, 5.74) is 1.63. The summed E-state index contributed by atoms with van der Waals surface area (Å²) in [4.78, 5) is 0. The lowest BCUT2D eigenvalue weighted by molar-refractivity contribution is 0.408. The Kier molecular flexibility index (Phi) is 3.44. The second-order valence-electron chi connectivity index (χ2n) is 4.48. The normalized spacial score (nSPS) is 20.1. The second-order valence-corrected chi connectivity index (χ2v) is 4.48.